The van der Waals surface area contributed by atoms with Crippen LogP contribution in [-0.2, 0) is 5.41 Å². The Hall–Kier alpha value is -3.15. The predicted molar refractivity (Wildman–Crippen MR) is 149 cm³/mol. The van der Waals surface area contributed by atoms with Crippen LogP contribution < -0.4 is 5.56 Å². The maximum absolute atomic E-state index is 13.3. The number of aromatic amines is 1. The van der Waals surface area contributed by atoms with Gasteiger partial charge >= 0.3 is 0 Å². The second kappa shape index (κ2) is 8.71. The summed E-state index contributed by atoms with van der Waals surface area (Å²) in [6.45, 7) is 1.90. The fourth-order valence-corrected chi connectivity index (χ4v) is 8.85. The van der Waals surface area contributed by atoms with Crippen molar-refractivity contribution in [3.8, 4) is 11.1 Å². The molecule has 8 rings (SSSR count). The zero-order chi connectivity index (χ0) is 25.1. The molecular formula is C29H27N5OS2. The van der Waals surface area contributed by atoms with Crippen LogP contribution in [0.3, 0.4) is 0 Å². The molecule has 4 aliphatic carbocycles. The molecule has 0 radical (unpaired) electrons. The topological polar surface area (TPSA) is 86.8 Å². The summed E-state index contributed by atoms with van der Waals surface area (Å²) in [5, 5.41) is 14.8. The van der Waals surface area contributed by atoms with E-state index in [0.29, 0.717) is 16.1 Å². The second-order valence-corrected chi connectivity index (χ2v) is 13.0. The van der Waals surface area contributed by atoms with Gasteiger partial charge in [0.1, 0.15) is 5.40 Å². The largest absolute Gasteiger partial charge is 0.295 e. The summed E-state index contributed by atoms with van der Waals surface area (Å²) in [5.74, 6) is 2.74. The number of thioether (sulfide) groups is 1. The van der Waals surface area contributed by atoms with E-state index in [9.17, 15) is 4.79 Å². The number of fused-ring (bicyclic) bond motifs is 1. The molecule has 4 fully saturated rings. The minimum atomic E-state index is -0.113. The highest BCUT2D eigenvalue weighted by atomic mass is 32.2. The van der Waals surface area contributed by atoms with Crippen molar-refractivity contribution in [2.75, 3.05) is 0 Å². The molecule has 37 heavy (non-hydrogen) atoms. The molecule has 4 aromatic rings. The molecule has 2 aromatic carbocycles. The Morgan fingerprint density at radius 2 is 1.84 bits per heavy atom. The molecule has 186 valence electrons. The summed E-state index contributed by atoms with van der Waals surface area (Å²) in [6.07, 6.45) is 9.95. The van der Waals surface area contributed by atoms with Crippen molar-refractivity contribution in [3.05, 3.63) is 69.6 Å². The number of thiazole rings is 1. The van der Waals surface area contributed by atoms with Crippen LogP contribution in [-0.4, -0.2) is 21.0 Å². The molecule has 0 amide bonds. The van der Waals surface area contributed by atoms with Crippen LogP contribution >= 0.6 is 23.1 Å². The highest BCUT2D eigenvalue weighted by Crippen LogP contribution is 2.60. The van der Waals surface area contributed by atoms with Crippen LogP contribution in [0.1, 0.15) is 55.3 Å². The van der Waals surface area contributed by atoms with Crippen LogP contribution in [0.2, 0.25) is 0 Å². The number of benzene rings is 2. The smallest absolute Gasteiger partial charge is 0.280 e. The van der Waals surface area contributed by atoms with Gasteiger partial charge in [0, 0.05) is 16.8 Å². The molecule has 4 aliphatic rings. The van der Waals surface area contributed by atoms with Crippen molar-refractivity contribution in [1.82, 2.24) is 14.8 Å². The van der Waals surface area contributed by atoms with Gasteiger partial charge in [-0.1, -0.05) is 23.5 Å². The number of thiocyanates is 1. The van der Waals surface area contributed by atoms with E-state index in [0.717, 1.165) is 56.0 Å². The Kier molecular flexibility index (Phi) is 5.42. The van der Waals surface area contributed by atoms with Gasteiger partial charge in [-0.15, -0.1) is 0 Å². The first-order valence-corrected chi connectivity index (χ1v) is 14.6. The summed E-state index contributed by atoms with van der Waals surface area (Å²) in [7, 11) is 0. The van der Waals surface area contributed by atoms with Crippen LogP contribution in [0.15, 0.2) is 57.1 Å². The fraction of sp³-hybridized carbons (Fsp3) is 0.379. The van der Waals surface area contributed by atoms with Crippen molar-refractivity contribution >= 4 is 44.7 Å². The Bertz CT molecular complexity index is 1600. The van der Waals surface area contributed by atoms with Crippen LogP contribution in [0.5, 0.6) is 0 Å². The van der Waals surface area contributed by atoms with Crippen molar-refractivity contribution in [3.63, 3.8) is 0 Å². The van der Waals surface area contributed by atoms with Gasteiger partial charge in [-0.05, 0) is 116 Å². The molecule has 6 nitrogen and oxygen atoms in total. The van der Waals surface area contributed by atoms with Gasteiger partial charge in [0.2, 0.25) is 5.13 Å². The Morgan fingerprint density at radius 1 is 1.14 bits per heavy atom. The third-order valence-corrected chi connectivity index (χ3v) is 10.2. The van der Waals surface area contributed by atoms with Gasteiger partial charge in [-0.3, -0.25) is 9.89 Å². The molecule has 2 heterocycles. The number of hydrogen-bond donors (Lipinski definition) is 1. The predicted octanol–water partition coefficient (Wildman–Crippen LogP) is 6.88. The molecule has 0 aliphatic heterocycles. The second-order valence-electron chi connectivity index (χ2n) is 11.1. The minimum absolute atomic E-state index is 0.113. The van der Waals surface area contributed by atoms with E-state index < -0.39 is 0 Å². The average Bonchev–Trinajstić information content (AvgIpc) is 3.41. The first-order valence-electron chi connectivity index (χ1n) is 12.9. The minimum Gasteiger partial charge on any atom is -0.295 e. The quantitative estimate of drug-likeness (QED) is 0.175. The summed E-state index contributed by atoms with van der Waals surface area (Å²) in [4.78, 5) is 23.2. The number of H-pyrrole nitrogens is 1. The van der Waals surface area contributed by atoms with Crippen LogP contribution in [0, 0.1) is 35.3 Å². The molecular weight excluding hydrogens is 498 g/mol. The number of aromatic nitrogens is 3. The zero-order valence-electron chi connectivity index (χ0n) is 20.6. The van der Waals surface area contributed by atoms with E-state index >= 15 is 0 Å². The van der Waals surface area contributed by atoms with Gasteiger partial charge in [-0.25, -0.2) is 14.7 Å². The lowest BCUT2D eigenvalue weighted by atomic mass is 9.48. The van der Waals surface area contributed by atoms with E-state index in [-0.39, 0.29) is 5.56 Å². The summed E-state index contributed by atoms with van der Waals surface area (Å²) >= 11 is 2.57. The van der Waals surface area contributed by atoms with Gasteiger partial charge in [0.05, 0.1) is 21.5 Å². The number of aryl methyl sites for hydroxylation is 1. The van der Waals surface area contributed by atoms with Crippen LogP contribution in [0.25, 0.3) is 15.9 Å². The molecule has 4 saturated carbocycles. The standard InChI is InChI=1S/C29H27N5OS2/c1-17-24(15-31-28-32-25-7-6-23(36-16-30)11-26(25)37-28)27(35)34(33-17)22-4-2-21(3-5-22)29-12-18-8-19(13-29)10-20(9-18)14-29/h2-7,11,15,18-20,33H,8-10,12-14H2,1H3. The van der Waals surface area contributed by atoms with Crippen molar-refractivity contribution < 1.29 is 0 Å². The zero-order valence-corrected chi connectivity index (χ0v) is 22.2. The molecule has 0 unspecified atom stereocenters. The number of nitriles is 1. The maximum Gasteiger partial charge on any atom is 0.280 e. The lowest BCUT2D eigenvalue weighted by Crippen LogP contribution is -2.48. The first kappa shape index (κ1) is 23.0. The van der Waals surface area contributed by atoms with E-state index in [2.05, 4.69) is 44.7 Å². The highest BCUT2D eigenvalue weighted by Gasteiger charge is 2.51. The molecule has 2 aromatic heterocycles. The normalized spacial score (nSPS) is 26.3. The lowest BCUT2D eigenvalue weighted by Gasteiger charge is -2.57. The third-order valence-electron chi connectivity index (χ3n) is 8.71. The Balaban J connectivity index is 1.15. The highest BCUT2D eigenvalue weighted by molar-refractivity contribution is 8.03. The molecule has 4 bridgehead atoms. The number of nitrogens with one attached hydrogen (secondary N) is 1. The Labute approximate surface area is 223 Å². The first-order chi connectivity index (χ1) is 18.0. The SMILES string of the molecule is Cc1[nH]n(-c2ccc(C34CC5CC(CC(C5)C3)C4)cc2)c(=O)c1C=Nc1nc2ccc(SC#N)cc2s1. The average molecular weight is 526 g/mol. The molecule has 1 N–H and O–H groups in total. The van der Waals surface area contributed by atoms with Crippen molar-refractivity contribution in [2.45, 2.75) is 55.8 Å². The molecule has 0 spiro atoms. The number of hydrogen-bond acceptors (Lipinski definition) is 6. The maximum atomic E-state index is 13.3. The van der Waals surface area contributed by atoms with Gasteiger partial charge in [0.25, 0.3) is 5.56 Å². The van der Waals surface area contributed by atoms with Gasteiger partial charge < -0.3 is 0 Å². The van der Waals surface area contributed by atoms with Crippen LogP contribution in [0.4, 0.5) is 5.13 Å². The number of nitrogens with zero attached hydrogens (tertiary/aromatic N) is 4. The molecule has 0 saturated heterocycles. The number of rotatable bonds is 5. The third kappa shape index (κ3) is 3.96. The summed E-state index contributed by atoms with van der Waals surface area (Å²) < 4.78 is 2.58. The molecule has 8 heteroatoms. The van der Waals surface area contributed by atoms with E-state index in [1.807, 2.05) is 25.1 Å². The van der Waals surface area contributed by atoms with Crippen molar-refractivity contribution in [1.29, 1.82) is 5.26 Å². The van der Waals surface area contributed by atoms with Crippen molar-refractivity contribution in [2.24, 2.45) is 22.7 Å². The number of aliphatic imine (C=N–C) groups is 1. The van der Waals surface area contributed by atoms with Gasteiger partial charge in [-0.2, -0.15) is 5.26 Å². The van der Waals surface area contributed by atoms with E-state index in [4.69, 9.17) is 5.26 Å². The molecule has 0 atom stereocenters. The monoisotopic (exact) mass is 525 g/mol. The van der Waals surface area contributed by atoms with E-state index in [1.54, 1.807) is 10.9 Å². The van der Waals surface area contributed by atoms with Gasteiger partial charge in [0.15, 0.2) is 0 Å². The Morgan fingerprint density at radius 3 is 2.51 bits per heavy atom. The summed E-state index contributed by atoms with van der Waals surface area (Å²) in [5.41, 5.74) is 4.69. The summed E-state index contributed by atoms with van der Waals surface area (Å²) in [6, 6.07) is 14.4. The fourth-order valence-electron chi connectivity index (χ4n) is 7.51. The lowest BCUT2D eigenvalue weighted by molar-refractivity contribution is -0.00518. The van der Waals surface area contributed by atoms with E-state index in [1.165, 1.54) is 55.4 Å².